The average molecular weight is 315 g/mol. The number of benzene rings is 1. The number of carbonyl (C=O) groups excluding carboxylic acids is 1. The van der Waals surface area contributed by atoms with Gasteiger partial charge >= 0.3 is 11.7 Å². The highest BCUT2D eigenvalue weighted by Gasteiger charge is 2.19. The molecule has 7 heteroatoms. The second kappa shape index (κ2) is 6.87. The number of nitro groups is 1. The van der Waals surface area contributed by atoms with Crippen LogP contribution < -0.4 is 5.32 Å². The summed E-state index contributed by atoms with van der Waals surface area (Å²) in [5, 5.41) is 14.1. The molecule has 0 unspecified atom stereocenters. The highest BCUT2D eigenvalue weighted by atomic mass is 16.6. The number of pyridine rings is 1. The third-order valence-electron chi connectivity index (χ3n) is 3.43. The van der Waals surface area contributed by atoms with Crippen LogP contribution in [-0.2, 0) is 11.3 Å². The summed E-state index contributed by atoms with van der Waals surface area (Å²) in [6.45, 7) is 4.38. The average Bonchev–Trinajstić information content (AvgIpc) is 2.53. The van der Waals surface area contributed by atoms with Gasteiger partial charge in [-0.1, -0.05) is 23.8 Å². The monoisotopic (exact) mass is 315 g/mol. The number of nitrogens with one attached hydrogen (secondary N) is 1. The summed E-state index contributed by atoms with van der Waals surface area (Å²) >= 11 is 0. The first-order chi connectivity index (χ1) is 10.9. The fourth-order valence-electron chi connectivity index (χ4n) is 2.18. The molecule has 0 aliphatic rings. The van der Waals surface area contributed by atoms with Crippen LogP contribution >= 0.6 is 0 Å². The van der Waals surface area contributed by atoms with E-state index in [2.05, 4.69) is 15.0 Å². The summed E-state index contributed by atoms with van der Waals surface area (Å²) in [4.78, 5) is 26.0. The smallest absolute Gasteiger partial charge is 0.339 e. The normalized spacial score (nSPS) is 10.2. The number of hydrogen-bond donors (Lipinski definition) is 1. The predicted octanol–water partition coefficient (Wildman–Crippen LogP) is 3.01. The molecule has 1 aromatic heterocycles. The maximum atomic E-state index is 11.5. The van der Waals surface area contributed by atoms with E-state index >= 15 is 0 Å². The highest BCUT2D eigenvalue weighted by molar-refractivity contribution is 5.90. The summed E-state index contributed by atoms with van der Waals surface area (Å²) in [6.07, 6.45) is 1.25. The first kappa shape index (κ1) is 16.4. The molecule has 2 aromatic rings. The molecule has 0 bridgehead atoms. The van der Waals surface area contributed by atoms with Gasteiger partial charge in [0.05, 0.1) is 17.6 Å². The van der Waals surface area contributed by atoms with Gasteiger partial charge in [-0.25, -0.2) is 9.78 Å². The van der Waals surface area contributed by atoms with Crippen molar-refractivity contribution in [2.24, 2.45) is 0 Å². The molecule has 0 radical (unpaired) electrons. The molecular formula is C16H17N3O4. The fraction of sp³-hybridized carbons (Fsp3) is 0.250. The van der Waals surface area contributed by atoms with Gasteiger partial charge in [0.25, 0.3) is 0 Å². The van der Waals surface area contributed by atoms with Crippen LogP contribution in [-0.4, -0.2) is 23.0 Å². The van der Waals surface area contributed by atoms with Crippen LogP contribution in [0.5, 0.6) is 0 Å². The van der Waals surface area contributed by atoms with Crippen molar-refractivity contribution in [3.63, 3.8) is 0 Å². The van der Waals surface area contributed by atoms with Crippen molar-refractivity contribution in [3.8, 4) is 0 Å². The predicted molar refractivity (Wildman–Crippen MR) is 85.5 cm³/mol. The van der Waals surface area contributed by atoms with Crippen LogP contribution in [0.4, 0.5) is 11.5 Å². The van der Waals surface area contributed by atoms with Gasteiger partial charge in [-0.15, -0.1) is 0 Å². The van der Waals surface area contributed by atoms with E-state index in [4.69, 9.17) is 0 Å². The van der Waals surface area contributed by atoms with Gasteiger partial charge < -0.3 is 10.1 Å². The number of esters is 1. The quantitative estimate of drug-likeness (QED) is 0.518. The fourth-order valence-corrected chi connectivity index (χ4v) is 2.18. The summed E-state index contributed by atoms with van der Waals surface area (Å²) in [6, 6.07) is 7.14. The molecule has 7 nitrogen and oxygen atoms in total. The summed E-state index contributed by atoms with van der Waals surface area (Å²) < 4.78 is 4.55. The third-order valence-corrected chi connectivity index (χ3v) is 3.43. The van der Waals surface area contributed by atoms with Crippen molar-refractivity contribution in [2.45, 2.75) is 20.4 Å². The van der Waals surface area contributed by atoms with Crippen LogP contribution in [0.2, 0.25) is 0 Å². The Morgan fingerprint density at radius 2 is 2.09 bits per heavy atom. The van der Waals surface area contributed by atoms with Gasteiger partial charge in [-0.2, -0.15) is 0 Å². The lowest BCUT2D eigenvalue weighted by Crippen LogP contribution is -2.08. The molecule has 0 spiro atoms. The first-order valence-electron chi connectivity index (χ1n) is 6.95. The van der Waals surface area contributed by atoms with E-state index < -0.39 is 10.9 Å². The molecular weight excluding hydrogens is 298 g/mol. The Bertz CT molecular complexity index is 759. The molecule has 1 N–H and O–H groups in total. The molecule has 0 saturated heterocycles. The number of carbonyl (C=O) groups is 1. The number of methoxy groups -OCH3 is 1. The first-order valence-corrected chi connectivity index (χ1v) is 6.95. The number of rotatable bonds is 5. The van der Waals surface area contributed by atoms with Crippen LogP contribution in [0.1, 0.15) is 27.0 Å². The van der Waals surface area contributed by atoms with Crippen molar-refractivity contribution in [3.05, 3.63) is 62.8 Å². The van der Waals surface area contributed by atoms with Gasteiger partial charge in [0, 0.05) is 18.8 Å². The zero-order valence-corrected chi connectivity index (χ0v) is 13.1. The molecule has 1 aromatic carbocycles. The molecule has 0 atom stereocenters. The Hall–Kier alpha value is -2.96. The standard InChI is InChI=1S/C16H17N3O4/c1-10-4-5-12(11(2)6-10)8-17-15-14(19(21)22)7-13(9-18-15)16(20)23-3/h4-7,9H,8H2,1-3H3,(H,17,18). The Morgan fingerprint density at radius 3 is 2.70 bits per heavy atom. The molecule has 120 valence electrons. The Kier molecular flexibility index (Phi) is 4.90. The van der Waals surface area contributed by atoms with E-state index in [1.807, 2.05) is 32.0 Å². The number of aryl methyl sites for hydroxylation is 2. The largest absolute Gasteiger partial charge is 0.465 e. The Labute approximate surface area is 133 Å². The number of nitrogens with zero attached hydrogens (tertiary/aromatic N) is 2. The number of ether oxygens (including phenoxy) is 1. The second-order valence-corrected chi connectivity index (χ2v) is 5.12. The second-order valence-electron chi connectivity index (χ2n) is 5.12. The molecule has 0 saturated carbocycles. The van der Waals surface area contributed by atoms with Crippen molar-refractivity contribution >= 4 is 17.5 Å². The molecule has 0 fully saturated rings. The van der Waals surface area contributed by atoms with Gasteiger partial charge in [0.2, 0.25) is 5.82 Å². The Balaban J connectivity index is 2.25. The van der Waals surface area contributed by atoms with Gasteiger partial charge in [-0.05, 0) is 25.0 Å². The Morgan fingerprint density at radius 1 is 1.35 bits per heavy atom. The van der Waals surface area contributed by atoms with Gasteiger partial charge in [-0.3, -0.25) is 10.1 Å². The molecule has 1 heterocycles. The summed E-state index contributed by atoms with van der Waals surface area (Å²) in [5.74, 6) is -0.552. The zero-order valence-electron chi connectivity index (χ0n) is 13.1. The van der Waals surface area contributed by atoms with E-state index in [0.29, 0.717) is 6.54 Å². The van der Waals surface area contributed by atoms with E-state index in [-0.39, 0.29) is 17.1 Å². The number of aromatic nitrogens is 1. The van der Waals surface area contributed by atoms with Crippen LogP contribution in [0.15, 0.2) is 30.5 Å². The van der Waals surface area contributed by atoms with Crippen LogP contribution in [0, 0.1) is 24.0 Å². The molecule has 0 aliphatic heterocycles. The minimum Gasteiger partial charge on any atom is -0.465 e. The summed E-state index contributed by atoms with van der Waals surface area (Å²) in [7, 11) is 1.21. The lowest BCUT2D eigenvalue weighted by atomic mass is 10.1. The van der Waals surface area contributed by atoms with Crippen molar-refractivity contribution in [1.82, 2.24) is 4.98 Å². The SMILES string of the molecule is COC(=O)c1cnc(NCc2ccc(C)cc2C)c([N+](=O)[O-])c1. The maximum absolute atomic E-state index is 11.5. The van der Waals surface area contributed by atoms with E-state index in [0.717, 1.165) is 22.8 Å². The molecule has 0 amide bonds. The topological polar surface area (TPSA) is 94.4 Å². The van der Waals surface area contributed by atoms with Crippen molar-refractivity contribution in [1.29, 1.82) is 0 Å². The lowest BCUT2D eigenvalue weighted by molar-refractivity contribution is -0.384. The van der Waals surface area contributed by atoms with E-state index in [1.54, 1.807) is 0 Å². The minimum absolute atomic E-state index is 0.0382. The molecule has 0 aliphatic carbocycles. The number of anilines is 1. The summed E-state index contributed by atoms with van der Waals surface area (Å²) in [5.41, 5.74) is 3.03. The van der Waals surface area contributed by atoms with Gasteiger partial charge in [0.15, 0.2) is 0 Å². The van der Waals surface area contributed by atoms with E-state index in [9.17, 15) is 14.9 Å². The molecule has 2 rings (SSSR count). The molecule has 23 heavy (non-hydrogen) atoms. The van der Waals surface area contributed by atoms with E-state index in [1.165, 1.54) is 13.3 Å². The van der Waals surface area contributed by atoms with Crippen LogP contribution in [0.25, 0.3) is 0 Å². The number of hydrogen-bond acceptors (Lipinski definition) is 6. The van der Waals surface area contributed by atoms with Crippen LogP contribution in [0.3, 0.4) is 0 Å². The minimum atomic E-state index is -0.665. The highest BCUT2D eigenvalue weighted by Crippen LogP contribution is 2.24. The lowest BCUT2D eigenvalue weighted by Gasteiger charge is -2.10. The third kappa shape index (κ3) is 3.82. The maximum Gasteiger partial charge on any atom is 0.339 e. The van der Waals surface area contributed by atoms with Gasteiger partial charge in [0.1, 0.15) is 0 Å². The van der Waals surface area contributed by atoms with Crippen molar-refractivity contribution in [2.75, 3.05) is 12.4 Å². The van der Waals surface area contributed by atoms with Crippen molar-refractivity contribution < 1.29 is 14.5 Å². The zero-order chi connectivity index (χ0) is 17.0.